The van der Waals surface area contributed by atoms with Crippen LogP contribution in [0, 0.1) is 11.8 Å². The fourth-order valence-corrected chi connectivity index (χ4v) is 4.30. The first-order valence-electron chi connectivity index (χ1n) is 10.5. The average Bonchev–Trinajstić information content (AvgIpc) is 3.22. The van der Waals surface area contributed by atoms with Gasteiger partial charge in [-0.25, -0.2) is 9.67 Å². The fourth-order valence-electron chi connectivity index (χ4n) is 4.30. The van der Waals surface area contributed by atoms with Crippen molar-refractivity contribution in [2.45, 2.75) is 25.5 Å². The summed E-state index contributed by atoms with van der Waals surface area (Å²) in [5.41, 5.74) is 10.7. The second kappa shape index (κ2) is 8.19. The number of nitrogens with zero attached hydrogens (tertiary/aromatic N) is 4. The molecule has 1 aromatic carbocycles. The zero-order valence-electron chi connectivity index (χ0n) is 17.1. The summed E-state index contributed by atoms with van der Waals surface area (Å²) in [6, 6.07) is 17.5. The Morgan fingerprint density at radius 3 is 2.68 bits per heavy atom. The number of hydrogen-bond donors (Lipinski definition) is 3. The Labute approximate surface area is 180 Å². The molecular weight excluding hydrogens is 390 g/mol. The molecule has 1 atom stereocenters. The monoisotopic (exact) mass is 415 g/mol. The van der Waals surface area contributed by atoms with E-state index in [2.05, 4.69) is 16.1 Å². The molecule has 1 aliphatic carbocycles. The number of fused-ring (bicyclic) bond motifs is 1. The van der Waals surface area contributed by atoms with Crippen molar-refractivity contribution in [1.82, 2.24) is 19.7 Å². The highest BCUT2D eigenvalue weighted by Crippen LogP contribution is 2.40. The van der Waals surface area contributed by atoms with Crippen LogP contribution in [0.1, 0.15) is 30.3 Å². The highest BCUT2D eigenvalue weighted by molar-refractivity contribution is 5.84. The minimum Gasteiger partial charge on any atom is -0.396 e. The van der Waals surface area contributed by atoms with Crippen molar-refractivity contribution in [2.75, 3.05) is 6.61 Å². The van der Waals surface area contributed by atoms with Crippen molar-refractivity contribution in [3.8, 4) is 17.1 Å². The van der Waals surface area contributed by atoms with E-state index in [0.717, 1.165) is 40.7 Å². The van der Waals surface area contributed by atoms with Gasteiger partial charge in [0, 0.05) is 23.6 Å². The molecule has 3 aromatic heterocycles. The summed E-state index contributed by atoms with van der Waals surface area (Å²) in [6.07, 6.45) is 3.71. The van der Waals surface area contributed by atoms with E-state index in [1.54, 1.807) is 16.9 Å². The van der Waals surface area contributed by atoms with Crippen LogP contribution in [0.5, 0.6) is 0 Å². The molecule has 7 nitrogen and oxygen atoms in total. The third-order valence-corrected chi connectivity index (χ3v) is 6.19. The summed E-state index contributed by atoms with van der Waals surface area (Å²) in [5.74, 6) is 1.40. The average molecular weight is 415 g/mol. The van der Waals surface area contributed by atoms with Crippen molar-refractivity contribution in [2.24, 2.45) is 17.6 Å². The number of rotatable bonds is 6. The summed E-state index contributed by atoms with van der Waals surface area (Å²) in [4.78, 5) is 9.32. The first kappa shape index (κ1) is 19.8. The van der Waals surface area contributed by atoms with Crippen molar-refractivity contribution < 1.29 is 10.2 Å². The standard InChI is InChI=1S/C24H25N5O2/c25-24(18-9-15(10-18)13-30)21-5-2-4-20(28-21)16-7-8-17-12-26-29(22(17)11-16)23-6-1-3-19(14-31)27-23/h1-8,11-12,15,18,24,30-31H,9-10,13-14,25H2/t15-,18+,24-/m0/s1. The van der Waals surface area contributed by atoms with Crippen molar-refractivity contribution in [3.05, 3.63) is 72.2 Å². The van der Waals surface area contributed by atoms with Crippen molar-refractivity contribution >= 4 is 10.9 Å². The van der Waals surface area contributed by atoms with Crippen LogP contribution in [0.25, 0.3) is 28.0 Å². The maximum atomic E-state index is 9.40. The van der Waals surface area contributed by atoms with Gasteiger partial charge >= 0.3 is 0 Å². The Kier molecular flexibility index (Phi) is 5.23. The quantitative estimate of drug-likeness (QED) is 0.447. The van der Waals surface area contributed by atoms with Crippen LogP contribution in [-0.4, -0.2) is 36.6 Å². The Hall–Kier alpha value is -3.13. The van der Waals surface area contributed by atoms with Crippen LogP contribution < -0.4 is 5.73 Å². The van der Waals surface area contributed by atoms with E-state index in [1.165, 1.54) is 0 Å². The molecule has 1 saturated carbocycles. The summed E-state index contributed by atoms with van der Waals surface area (Å²) >= 11 is 0. The second-order valence-electron chi connectivity index (χ2n) is 8.23. The molecule has 0 aliphatic heterocycles. The lowest BCUT2D eigenvalue weighted by atomic mass is 9.71. The maximum absolute atomic E-state index is 9.40. The molecule has 0 unspecified atom stereocenters. The molecule has 4 N–H and O–H groups in total. The predicted octanol–water partition coefficient (Wildman–Crippen LogP) is 2.99. The minimum absolute atomic E-state index is 0.116. The molecule has 0 saturated heterocycles. The number of pyridine rings is 2. The number of aliphatic hydroxyl groups excluding tert-OH is 2. The number of benzene rings is 1. The van der Waals surface area contributed by atoms with E-state index in [9.17, 15) is 10.2 Å². The van der Waals surface area contributed by atoms with E-state index in [0.29, 0.717) is 23.3 Å². The van der Waals surface area contributed by atoms with Crippen LogP contribution in [0.15, 0.2) is 60.8 Å². The summed E-state index contributed by atoms with van der Waals surface area (Å²) in [6.45, 7) is 0.121. The zero-order valence-corrected chi connectivity index (χ0v) is 17.1. The van der Waals surface area contributed by atoms with Gasteiger partial charge in [0.1, 0.15) is 0 Å². The molecule has 0 spiro atoms. The van der Waals surface area contributed by atoms with Crippen molar-refractivity contribution in [3.63, 3.8) is 0 Å². The van der Waals surface area contributed by atoms with E-state index >= 15 is 0 Å². The third-order valence-electron chi connectivity index (χ3n) is 6.19. The highest BCUT2D eigenvalue weighted by Gasteiger charge is 2.34. The molecule has 0 bridgehead atoms. The normalized spacial score (nSPS) is 19.3. The highest BCUT2D eigenvalue weighted by atomic mass is 16.3. The summed E-state index contributed by atoms with van der Waals surface area (Å²) in [7, 11) is 0. The van der Waals surface area contributed by atoms with E-state index in [4.69, 9.17) is 10.7 Å². The Balaban J connectivity index is 1.48. The van der Waals surface area contributed by atoms with Crippen LogP contribution in [-0.2, 0) is 6.61 Å². The molecule has 7 heteroatoms. The molecule has 1 aliphatic rings. The van der Waals surface area contributed by atoms with Gasteiger partial charge in [-0.05, 0) is 55.0 Å². The molecule has 5 rings (SSSR count). The fraction of sp³-hybridized carbons (Fsp3) is 0.292. The van der Waals surface area contributed by atoms with Gasteiger partial charge < -0.3 is 15.9 Å². The zero-order chi connectivity index (χ0) is 21.4. The van der Waals surface area contributed by atoms with Crippen LogP contribution >= 0.6 is 0 Å². The lowest BCUT2D eigenvalue weighted by Gasteiger charge is -2.37. The van der Waals surface area contributed by atoms with Gasteiger partial charge in [-0.3, -0.25) is 4.98 Å². The molecular formula is C24H25N5O2. The lowest BCUT2D eigenvalue weighted by Crippen LogP contribution is -2.35. The topological polar surface area (TPSA) is 110 Å². The lowest BCUT2D eigenvalue weighted by molar-refractivity contribution is 0.0906. The van der Waals surface area contributed by atoms with Gasteiger partial charge in [-0.15, -0.1) is 0 Å². The maximum Gasteiger partial charge on any atom is 0.154 e. The van der Waals surface area contributed by atoms with E-state index < -0.39 is 0 Å². The first-order chi connectivity index (χ1) is 15.2. The molecule has 0 amide bonds. The number of hydrogen-bond acceptors (Lipinski definition) is 6. The van der Waals surface area contributed by atoms with Crippen molar-refractivity contribution in [1.29, 1.82) is 0 Å². The first-order valence-corrected chi connectivity index (χ1v) is 10.5. The molecule has 31 heavy (non-hydrogen) atoms. The predicted molar refractivity (Wildman–Crippen MR) is 118 cm³/mol. The number of nitrogens with two attached hydrogens (primary N) is 1. The van der Waals surface area contributed by atoms with E-state index in [-0.39, 0.29) is 19.3 Å². The Morgan fingerprint density at radius 1 is 1.03 bits per heavy atom. The molecule has 3 heterocycles. The van der Waals surface area contributed by atoms with Gasteiger partial charge in [0.05, 0.1) is 35.4 Å². The van der Waals surface area contributed by atoms with Crippen LogP contribution in [0.2, 0.25) is 0 Å². The SMILES string of the molecule is N[C@H](c1cccc(-c2ccc3cnn(-c4cccc(CO)n4)c3c2)n1)[C@H]1C[C@@H](CO)C1. The largest absolute Gasteiger partial charge is 0.396 e. The molecule has 0 radical (unpaired) electrons. The number of aliphatic hydroxyl groups is 2. The third kappa shape index (κ3) is 3.72. The van der Waals surface area contributed by atoms with Gasteiger partial charge in [-0.1, -0.05) is 24.3 Å². The van der Waals surface area contributed by atoms with E-state index in [1.807, 2.05) is 42.5 Å². The molecule has 4 aromatic rings. The summed E-state index contributed by atoms with van der Waals surface area (Å²) < 4.78 is 1.77. The van der Waals surface area contributed by atoms with Gasteiger partial charge in [-0.2, -0.15) is 5.10 Å². The van der Waals surface area contributed by atoms with Crippen LogP contribution in [0.4, 0.5) is 0 Å². The second-order valence-corrected chi connectivity index (χ2v) is 8.23. The van der Waals surface area contributed by atoms with Gasteiger partial charge in [0.2, 0.25) is 0 Å². The number of aromatic nitrogens is 4. The Morgan fingerprint density at radius 2 is 1.87 bits per heavy atom. The Bertz CT molecular complexity index is 1220. The molecule has 1 fully saturated rings. The van der Waals surface area contributed by atoms with Crippen LogP contribution in [0.3, 0.4) is 0 Å². The smallest absolute Gasteiger partial charge is 0.154 e. The summed E-state index contributed by atoms with van der Waals surface area (Å²) in [5, 5.41) is 24.2. The minimum atomic E-state index is -0.123. The van der Waals surface area contributed by atoms with Gasteiger partial charge in [0.25, 0.3) is 0 Å². The van der Waals surface area contributed by atoms with Gasteiger partial charge in [0.15, 0.2) is 5.82 Å². The molecule has 158 valence electrons.